The number of rotatable bonds is 15. The first-order chi connectivity index (χ1) is 18.2. The fourth-order valence-corrected chi connectivity index (χ4v) is 6.71. The van der Waals surface area contributed by atoms with Gasteiger partial charge in [0.2, 0.25) is 20.9 Å². The molecule has 1 N–H and O–H groups in total. The van der Waals surface area contributed by atoms with Crippen molar-refractivity contribution in [3.63, 3.8) is 0 Å². The van der Waals surface area contributed by atoms with Crippen LogP contribution in [0.1, 0.15) is 50.5 Å². The van der Waals surface area contributed by atoms with Crippen LogP contribution in [0.15, 0.2) is 53.4 Å². The number of hydrogen-bond donors (Lipinski definition) is 2. The number of benzene rings is 2. The summed E-state index contributed by atoms with van der Waals surface area (Å²) in [6.07, 6.45) is 7.70. The largest absolute Gasteiger partial charge is 0.378 e. The number of nitrogens with zero attached hydrogens (tertiary/aromatic N) is 3. The van der Waals surface area contributed by atoms with E-state index in [-0.39, 0.29) is 4.90 Å². The molecule has 8 nitrogen and oxygen atoms in total. The average Bonchev–Trinajstić information content (AvgIpc) is 2.89. The number of aryl methyl sites for hydroxylation is 1. The maximum atomic E-state index is 12.6. The zero-order valence-electron chi connectivity index (χ0n) is 23.0. The van der Waals surface area contributed by atoms with E-state index in [0.29, 0.717) is 37.5 Å². The molecule has 1 saturated carbocycles. The minimum Gasteiger partial charge on any atom is -0.378 e. The molecular formula is C28H44N4O4S2. The monoisotopic (exact) mass is 564 g/mol. The van der Waals surface area contributed by atoms with Crippen molar-refractivity contribution in [3.8, 4) is 0 Å². The zero-order valence-corrected chi connectivity index (χ0v) is 24.7. The average molecular weight is 565 g/mol. The Kier molecular flexibility index (Phi) is 11.9. The predicted octanol–water partition coefficient (Wildman–Crippen LogP) is 4.03. The lowest BCUT2D eigenvalue weighted by Gasteiger charge is -2.30. The molecular weight excluding hydrogens is 520 g/mol. The molecule has 212 valence electrons. The molecule has 0 heterocycles. The van der Waals surface area contributed by atoms with Gasteiger partial charge in [-0.25, -0.2) is 21.6 Å². The highest BCUT2D eigenvalue weighted by atomic mass is 32.2. The van der Waals surface area contributed by atoms with Crippen molar-refractivity contribution in [1.29, 1.82) is 0 Å². The van der Waals surface area contributed by atoms with E-state index in [1.54, 1.807) is 24.3 Å². The molecule has 0 amide bonds. The molecule has 0 unspecified atom stereocenters. The number of hydrogen-bond acceptors (Lipinski definition) is 6. The third-order valence-corrected chi connectivity index (χ3v) is 9.52. The van der Waals surface area contributed by atoms with Crippen LogP contribution in [0.3, 0.4) is 0 Å². The summed E-state index contributed by atoms with van der Waals surface area (Å²) in [6, 6.07) is 14.4. The molecule has 0 spiro atoms. The molecule has 0 bridgehead atoms. The quantitative estimate of drug-likeness (QED) is 0.251. The summed E-state index contributed by atoms with van der Waals surface area (Å²) < 4.78 is 53.5. The Bertz CT molecular complexity index is 1150. The van der Waals surface area contributed by atoms with E-state index in [1.807, 2.05) is 50.2 Å². The Labute approximate surface area is 231 Å². The van der Waals surface area contributed by atoms with Gasteiger partial charge in [0, 0.05) is 39.4 Å². The van der Waals surface area contributed by atoms with Crippen LogP contribution in [-0.4, -0.2) is 68.6 Å². The molecule has 1 aliphatic carbocycles. The molecule has 2 aromatic carbocycles. The van der Waals surface area contributed by atoms with Gasteiger partial charge in [0.05, 0.1) is 10.6 Å². The molecule has 1 fully saturated rings. The van der Waals surface area contributed by atoms with Crippen molar-refractivity contribution < 1.29 is 16.8 Å². The van der Waals surface area contributed by atoms with E-state index in [2.05, 4.69) is 9.62 Å². The second-order valence-electron chi connectivity index (χ2n) is 10.5. The van der Waals surface area contributed by atoms with Gasteiger partial charge in [-0.2, -0.15) is 0 Å². The van der Waals surface area contributed by atoms with Gasteiger partial charge in [-0.1, -0.05) is 37.0 Å². The smallest absolute Gasteiger partial charge is 0.240 e. The van der Waals surface area contributed by atoms with Crippen molar-refractivity contribution in [2.24, 2.45) is 5.92 Å². The summed E-state index contributed by atoms with van der Waals surface area (Å²) in [4.78, 5) is 4.66. The summed E-state index contributed by atoms with van der Waals surface area (Å²) in [5.74, 6) is 0.652. The normalized spacial score (nSPS) is 14.8. The molecule has 1 aliphatic rings. The third-order valence-electron chi connectivity index (χ3n) is 7.22. The van der Waals surface area contributed by atoms with Gasteiger partial charge in [0.15, 0.2) is 0 Å². The van der Waals surface area contributed by atoms with Crippen molar-refractivity contribution in [2.45, 2.75) is 56.8 Å². The summed E-state index contributed by atoms with van der Waals surface area (Å²) >= 11 is 0. The van der Waals surface area contributed by atoms with Gasteiger partial charge in [0.1, 0.15) is 0 Å². The van der Waals surface area contributed by atoms with Gasteiger partial charge >= 0.3 is 0 Å². The van der Waals surface area contributed by atoms with E-state index in [9.17, 15) is 16.8 Å². The number of nitrogens with one attached hydrogen (secondary N) is 1. The highest BCUT2D eigenvalue weighted by molar-refractivity contribution is 7.89. The van der Waals surface area contributed by atoms with Crippen LogP contribution in [0.5, 0.6) is 0 Å². The molecule has 3 rings (SSSR count). The molecule has 0 aromatic heterocycles. The van der Waals surface area contributed by atoms with Crippen molar-refractivity contribution in [2.75, 3.05) is 56.0 Å². The zero-order chi connectivity index (χ0) is 27.5. The summed E-state index contributed by atoms with van der Waals surface area (Å²) in [5, 5.41) is 0. The van der Waals surface area contributed by atoms with E-state index in [1.165, 1.54) is 36.4 Å². The maximum absolute atomic E-state index is 12.6. The molecule has 0 aliphatic heterocycles. The first kappa shape index (κ1) is 30.4. The van der Waals surface area contributed by atoms with E-state index >= 15 is 0 Å². The lowest BCUT2D eigenvalue weighted by Crippen LogP contribution is -2.36. The minimum absolute atomic E-state index is 0.285. The molecule has 0 atom stereocenters. The number of anilines is 2. The van der Waals surface area contributed by atoms with Gasteiger partial charge in [-0.3, -0.25) is 4.31 Å². The van der Waals surface area contributed by atoms with Crippen LogP contribution < -0.4 is 13.9 Å². The lowest BCUT2D eigenvalue weighted by molar-refractivity contribution is 0.198. The van der Waals surface area contributed by atoms with E-state index in [0.717, 1.165) is 30.9 Å². The summed E-state index contributed by atoms with van der Waals surface area (Å²) in [6.45, 7) is 5.24. The van der Waals surface area contributed by atoms with Crippen LogP contribution in [0.4, 0.5) is 11.4 Å². The molecule has 38 heavy (non-hydrogen) atoms. The van der Waals surface area contributed by atoms with Crippen molar-refractivity contribution >= 4 is 32.3 Å². The summed E-state index contributed by atoms with van der Waals surface area (Å²) in [7, 11) is -2.36. The van der Waals surface area contributed by atoms with Gasteiger partial charge < -0.3 is 9.80 Å². The van der Waals surface area contributed by atoms with E-state index < -0.39 is 20.9 Å². The fraction of sp³-hybridized carbons (Fsp3) is 0.571. The Balaban J connectivity index is 1.55. The standard InChI is InChI=1S/C28H44N4O4S2/c1-24-11-17-28(18-12-24)38(35,36)29-19-7-20-31(23-25-9-5-4-6-10-25)21-8-22-32(37(33)34)27-15-13-26(14-16-27)30(2)3/h11-18,25,29,37H,4-10,19-23H2,1-3H3. The highest BCUT2D eigenvalue weighted by Gasteiger charge is 2.19. The summed E-state index contributed by atoms with van der Waals surface area (Å²) in [5.41, 5.74) is 2.72. The van der Waals surface area contributed by atoms with Crippen molar-refractivity contribution in [3.05, 3.63) is 54.1 Å². The first-order valence-corrected chi connectivity index (χ1v) is 16.2. The van der Waals surface area contributed by atoms with Gasteiger partial charge in [0.25, 0.3) is 0 Å². The third kappa shape index (κ3) is 9.55. The van der Waals surface area contributed by atoms with Crippen LogP contribution in [-0.2, 0) is 20.9 Å². The van der Waals surface area contributed by atoms with Crippen LogP contribution in [0, 0.1) is 12.8 Å². The number of thiol groups is 1. The lowest BCUT2D eigenvalue weighted by atomic mass is 9.89. The second kappa shape index (κ2) is 14.9. The predicted molar refractivity (Wildman–Crippen MR) is 157 cm³/mol. The van der Waals surface area contributed by atoms with Gasteiger partial charge in [-0.05, 0) is 88.0 Å². The minimum atomic E-state index is -3.52. The van der Waals surface area contributed by atoms with Crippen LogP contribution in [0.2, 0.25) is 0 Å². The van der Waals surface area contributed by atoms with Crippen molar-refractivity contribution in [1.82, 2.24) is 9.62 Å². The topological polar surface area (TPSA) is 90.0 Å². The molecule has 10 heteroatoms. The van der Waals surface area contributed by atoms with Crippen LogP contribution >= 0.6 is 0 Å². The first-order valence-electron chi connectivity index (χ1n) is 13.6. The SMILES string of the molecule is Cc1ccc(S(=O)(=O)NCCCN(CCCN(c2ccc(N(C)C)cc2)[SH](=O)=O)CC2CCCCC2)cc1. The second-order valence-corrected chi connectivity index (χ2v) is 13.2. The molecule has 0 saturated heterocycles. The number of sulfonamides is 1. The molecule has 2 aromatic rings. The molecule has 0 radical (unpaired) electrons. The highest BCUT2D eigenvalue weighted by Crippen LogP contribution is 2.25. The van der Waals surface area contributed by atoms with Crippen LogP contribution in [0.25, 0.3) is 0 Å². The van der Waals surface area contributed by atoms with E-state index in [4.69, 9.17) is 0 Å². The Morgan fingerprint density at radius 1 is 0.842 bits per heavy atom. The maximum Gasteiger partial charge on any atom is 0.240 e. The van der Waals surface area contributed by atoms with Gasteiger partial charge in [-0.15, -0.1) is 0 Å². The Hall–Kier alpha value is -2.14. The Morgan fingerprint density at radius 2 is 1.45 bits per heavy atom. The Morgan fingerprint density at radius 3 is 2.05 bits per heavy atom. The fourth-order valence-electron chi connectivity index (χ4n) is 5.01.